The second-order valence-corrected chi connectivity index (χ2v) is 6.28. The van der Waals surface area contributed by atoms with E-state index in [-0.39, 0.29) is 10.6 Å². The van der Waals surface area contributed by atoms with Crippen molar-refractivity contribution in [1.82, 2.24) is 0 Å². The number of fused-ring (bicyclic) bond motifs is 1. The summed E-state index contributed by atoms with van der Waals surface area (Å²) in [5, 5.41) is 19.5. The average Bonchev–Trinajstić information content (AvgIpc) is 2.52. The summed E-state index contributed by atoms with van der Waals surface area (Å²) in [5.74, 6) is 0.0828. The molecule has 0 radical (unpaired) electrons. The normalized spacial score (nSPS) is 12.0. The fraction of sp³-hybridized carbons (Fsp3) is 0. The van der Waals surface area contributed by atoms with Crippen LogP contribution in [0.1, 0.15) is 0 Å². The molecule has 0 heterocycles. The Morgan fingerprint density at radius 1 is 0.870 bits per heavy atom. The van der Waals surface area contributed by atoms with Crippen LogP contribution in [0.2, 0.25) is 0 Å². The largest absolute Gasteiger partial charge is 0.508 e. The van der Waals surface area contributed by atoms with Crippen molar-refractivity contribution in [3.63, 3.8) is 0 Å². The fourth-order valence-electron chi connectivity index (χ4n) is 2.15. The van der Waals surface area contributed by atoms with E-state index in [0.717, 1.165) is 10.8 Å². The van der Waals surface area contributed by atoms with Gasteiger partial charge in [0.1, 0.15) is 5.75 Å². The molecule has 23 heavy (non-hydrogen) atoms. The third-order valence-corrected chi connectivity index (χ3v) is 4.10. The highest BCUT2D eigenvalue weighted by Gasteiger charge is 2.08. The highest BCUT2D eigenvalue weighted by atomic mass is 32.2. The van der Waals surface area contributed by atoms with Gasteiger partial charge in [-0.1, -0.05) is 24.3 Å². The van der Waals surface area contributed by atoms with Crippen molar-refractivity contribution in [2.75, 3.05) is 0 Å². The number of benzene rings is 3. The van der Waals surface area contributed by atoms with Crippen molar-refractivity contribution in [2.24, 2.45) is 10.2 Å². The fourth-order valence-corrected chi connectivity index (χ4v) is 2.63. The molecule has 0 spiro atoms. The lowest BCUT2D eigenvalue weighted by atomic mass is 10.1. The van der Waals surface area contributed by atoms with E-state index >= 15 is 0 Å². The van der Waals surface area contributed by atoms with Gasteiger partial charge in [0.25, 0.3) is 10.1 Å². The minimum absolute atomic E-state index is 0.0828. The highest BCUT2D eigenvalue weighted by molar-refractivity contribution is 7.85. The number of rotatable bonds is 3. The second-order valence-electron chi connectivity index (χ2n) is 4.85. The Morgan fingerprint density at radius 3 is 2.26 bits per heavy atom. The molecule has 2 N–H and O–H groups in total. The molecule has 116 valence electrons. The van der Waals surface area contributed by atoms with Crippen LogP contribution in [-0.2, 0) is 10.1 Å². The van der Waals surface area contributed by atoms with Crippen molar-refractivity contribution < 1.29 is 18.1 Å². The summed E-state index contributed by atoms with van der Waals surface area (Å²) in [4.78, 5) is -0.209. The lowest BCUT2D eigenvalue weighted by molar-refractivity contribution is 0.476. The van der Waals surface area contributed by atoms with Crippen LogP contribution in [0, 0.1) is 0 Å². The van der Waals surface area contributed by atoms with Crippen LogP contribution in [0.3, 0.4) is 0 Å². The van der Waals surface area contributed by atoms with Gasteiger partial charge in [-0.25, -0.2) is 0 Å². The van der Waals surface area contributed by atoms with Gasteiger partial charge in [-0.3, -0.25) is 4.55 Å². The van der Waals surface area contributed by atoms with Crippen molar-refractivity contribution in [3.8, 4) is 5.75 Å². The van der Waals surface area contributed by atoms with E-state index in [9.17, 15) is 13.5 Å². The summed E-state index contributed by atoms with van der Waals surface area (Å²) in [6.45, 7) is 0. The van der Waals surface area contributed by atoms with Crippen LogP contribution in [-0.4, -0.2) is 18.1 Å². The smallest absolute Gasteiger partial charge is 0.294 e. The zero-order valence-corrected chi connectivity index (χ0v) is 12.6. The third kappa shape index (κ3) is 3.36. The summed E-state index contributed by atoms with van der Waals surface area (Å²) in [6, 6.07) is 15.9. The van der Waals surface area contributed by atoms with Gasteiger partial charge >= 0.3 is 0 Å². The minimum atomic E-state index is -4.23. The maximum atomic E-state index is 11.0. The number of hydrogen-bond acceptors (Lipinski definition) is 5. The molecule has 3 aromatic carbocycles. The lowest BCUT2D eigenvalue weighted by Crippen LogP contribution is -1.96. The van der Waals surface area contributed by atoms with Gasteiger partial charge in [0.2, 0.25) is 0 Å². The molecule has 0 fully saturated rings. The van der Waals surface area contributed by atoms with Crippen LogP contribution < -0.4 is 0 Å². The Kier molecular flexibility index (Phi) is 3.81. The van der Waals surface area contributed by atoms with Gasteiger partial charge in [0.15, 0.2) is 0 Å². The molecule has 7 heteroatoms. The van der Waals surface area contributed by atoms with E-state index in [1.165, 1.54) is 30.3 Å². The van der Waals surface area contributed by atoms with E-state index in [4.69, 9.17) is 4.55 Å². The molecule has 0 aliphatic rings. The first kappa shape index (κ1) is 15.1. The van der Waals surface area contributed by atoms with Gasteiger partial charge in [0.05, 0.1) is 16.3 Å². The monoisotopic (exact) mass is 328 g/mol. The van der Waals surface area contributed by atoms with E-state index in [2.05, 4.69) is 10.2 Å². The molecule has 0 aliphatic heterocycles. The molecule has 0 unspecified atom stereocenters. The lowest BCUT2D eigenvalue weighted by Gasteiger charge is -2.02. The number of aromatic hydroxyl groups is 1. The van der Waals surface area contributed by atoms with Crippen molar-refractivity contribution in [1.29, 1.82) is 0 Å². The van der Waals surface area contributed by atoms with E-state index in [0.29, 0.717) is 11.4 Å². The second kappa shape index (κ2) is 5.79. The van der Waals surface area contributed by atoms with Gasteiger partial charge in [-0.15, -0.1) is 5.11 Å². The van der Waals surface area contributed by atoms with Crippen LogP contribution in [0.25, 0.3) is 10.8 Å². The first-order valence-electron chi connectivity index (χ1n) is 6.64. The predicted octanol–water partition coefficient (Wildman–Crippen LogP) is 4.21. The molecule has 0 atom stereocenters. The molecule has 3 aromatic rings. The van der Waals surface area contributed by atoms with Crippen LogP contribution in [0.5, 0.6) is 5.75 Å². The topological polar surface area (TPSA) is 99.3 Å². The number of hydrogen-bond donors (Lipinski definition) is 2. The predicted molar refractivity (Wildman–Crippen MR) is 86.0 cm³/mol. The number of nitrogens with zero attached hydrogens (tertiary/aromatic N) is 2. The quantitative estimate of drug-likeness (QED) is 0.555. The van der Waals surface area contributed by atoms with Gasteiger partial charge in [-0.2, -0.15) is 13.5 Å². The zero-order chi connectivity index (χ0) is 16.4. The van der Waals surface area contributed by atoms with Crippen LogP contribution in [0.4, 0.5) is 11.4 Å². The highest BCUT2D eigenvalue weighted by Crippen LogP contribution is 2.32. The Morgan fingerprint density at radius 2 is 1.57 bits per heavy atom. The molecule has 6 nitrogen and oxygen atoms in total. The van der Waals surface area contributed by atoms with Gasteiger partial charge in [0, 0.05) is 11.5 Å². The molecule has 0 bridgehead atoms. The van der Waals surface area contributed by atoms with Crippen LogP contribution >= 0.6 is 0 Å². The maximum absolute atomic E-state index is 11.0. The molecule has 0 aromatic heterocycles. The first-order valence-corrected chi connectivity index (χ1v) is 8.08. The van der Waals surface area contributed by atoms with E-state index in [1.54, 1.807) is 6.07 Å². The Bertz CT molecular complexity index is 996. The number of azo groups is 1. The standard InChI is InChI=1S/C16H12N2O4S/c19-13-9-11-3-1-2-4-15(11)16(10-13)18-17-12-5-7-14(8-6-12)23(20,21)22/h1-10,19H,(H,20,21,22). The number of phenols is 1. The molecule has 0 amide bonds. The molecule has 3 rings (SSSR count). The first-order chi connectivity index (χ1) is 10.9. The summed E-state index contributed by atoms with van der Waals surface area (Å²) in [6.07, 6.45) is 0. The average molecular weight is 328 g/mol. The van der Waals surface area contributed by atoms with Gasteiger partial charge in [-0.05, 0) is 35.7 Å². The zero-order valence-electron chi connectivity index (χ0n) is 11.8. The van der Waals surface area contributed by atoms with Gasteiger partial charge < -0.3 is 5.11 Å². The molecule has 0 saturated carbocycles. The number of phenolic OH excluding ortho intramolecular Hbond substituents is 1. The summed E-state index contributed by atoms with van der Waals surface area (Å²) >= 11 is 0. The summed E-state index contributed by atoms with van der Waals surface area (Å²) in [7, 11) is -4.23. The minimum Gasteiger partial charge on any atom is -0.508 e. The molecular weight excluding hydrogens is 316 g/mol. The SMILES string of the molecule is O=S(=O)(O)c1ccc(N=Nc2cc(O)cc3ccccc23)cc1. The third-order valence-electron chi connectivity index (χ3n) is 3.23. The Balaban J connectivity index is 1.97. The summed E-state index contributed by atoms with van der Waals surface area (Å²) in [5.41, 5.74) is 0.921. The summed E-state index contributed by atoms with van der Waals surface area (Å²) < 4.78 is 30.9. The van der Waals surface area contributed by atoms with Crippen molar-refractivity contribution in [2.45, 2.75) is 4.90 Å². The maximum Gasteiger partial charge on any atom is 0.294 e. The van der Waals surface area contributed by atoms with Crippen LogP contribution in [0.15, 0.2) is 75.8 Å². The van der Waals surface area contributed by atoms with E-state index < -0.39 is 10.1 Å². The van der Waals surface area contributed by atoms with Crippen molar-refractivity contribution >= 4 is 32.3 Å². The van der Waals surface area contributed by atoms with E-state index in [1.807, 2.05) is 24.3 Å². The molecule has 0 saturated heterocycles. The molecule has 0 aliphatic carbocycles. The molecular formula is C16H12N2O4S. The Hall–Kier alpha value is -2.77. The Labute approximate surface area is 132 Å². The van der Waals surface area contributed by atoms with Crippen molar-refractivity contribution in [3.05, 3.63) is 60.7 Å².